The first-order chi connectivity index (χ1) is 9.72. The first-order valence-corrected chi connectivity index (χ1v) is 8.06. The second-order valence-electron chi connectivity index (χ2n) is 3.99. The molecular formula is C13H10ClN3OS2. The minimum atomic E-state index is 0.557. The molecule has 0 spiro atoms. The fraction of sp³-hybridized carbons (Fsp3) is 0.0769. The van der Waals surface area contributed by atoms with E-state index in [0.717, 1.165) is 10.5 Å². The van der Waals surface area contributed by atoms with Gasteiger partial charge in [0.25, 0.3) is 0 Å². The molecule has 0 aliphatic carbocycles. The van der Waals surface area contributed by atoms with Crippen LogP contribution in [-0.4, -0.2) is 10.1 Å². The zero-order chi connectivity index (χ0) is 13.9. The third-order valence-corrected chi connectivity index (χ3v) is 4.55. The lowest BCUT2D eigenvalue weighted by Gasteiger charge is -2.03. The molecule has 2 aromatic heterocycles. The molecule has 0 atom stereocenters. The van der Waals surface area contributed by atoms with Crippen LogP contribution in [0.2, 0.25) is 5.02 Å². The predicted molar refractivity (Wildman–Crippen MR) is 83.0 cm³/mol. The van der Waals surface area contributed by atoms with Crippen molar-refractivity contribution in [2.24, 2.45) is 0 Å². The number of thiophene rings is 1. The normalized spacial score (nSPS) is 10.8. The summed E-state index contributed by atoms with van der Waals surface area (Å²) >= 11 is 9.07. The molecule has 0 unspecified atom stereocenters. The number of hydrogen-bond acceptors (Lipinski definition) is 6. The van der Waals surface area contributed by atoms with Crippen LogP contribution in [0.3, 0.4) is 0 Å². The van der Waals surface area contributed by atoms with E-state index in [9.17, 15) is 0 Å². The third kappa shape index (κ3) is 2.98. The maximum Gasteiger partial charge on any atom is 0.237 e. The molecule has 0 bridgehead atoms. The number of hydrogen-bond donors (Lipinski definition) is 1. The van der Waals surface area contributed by atoms with Crippen LogP contribution in [0.4, 0.5) is 5.69 Å². The molecule has 3 aromatic rings. The summed E-state index contributed by atoms with van der Waals surface area (Å²) in [5.41, 5.74) is 7.55. The van der Waals surface area contributed by atoms with Gasteiger partial charge in [-0.3, -0.25) is 0 Å². The maximum absolute atomic E-state index is 5.95. The summed E-state index contributed by atoms with van der Waals surface area (Å²) in [5, 5.41) is 8.58. The summed E-state index contributed by atoms with van der Waals surface area (Å²) in [6.07, 6.45) is 0. The van der Waals surface area contributed by atoms with Crippen molar-refractivity contribution in [3.05, 3.63) is 45.9 Å². The Morgan fingerprint density at radius 3 is 3.05 bits per heavy atom. The number of rotatable bonds is 4. The van der Waals surface area contributed by atoms with E-state index >= 15 is 0 Å². The fourth-order valence-electron chi connectivity index (χ4n) is 1.60. The Hall–Kier alpha value is -1.50. The van der Waals surface area contributed by atoms with E-state index < -0.39 is 0 Å². The summed E-state index contributed by atoms with van der Waals surface area (Å²) in [4.78, 5) is 5.26. The Labute approximate surface area is 129 Å². The number of halogens is 1. The molecular weight excluding hydrogens is 314 g/mol. The van der Waals surface area contributed by atoms with Gasteiger partial charge in [0, 0.05) is 26.5 Å². The van der Waals surface area contributed by atoms with E-state index in [1.807, 2.05) is 22.9 Å². The molecule has 1 aromatic carbocycles. The van der Waals surface area contributed by atoms with E-state index in [-0.39, 0.29) is 0 Å². The average molecular weight is 324 g/mol. The first-order valence-electron chi connectivity index (χ1n) is 5.75. The lowest BCUT2D eigenvalue weighted by atomic mass is 10.3. The lowest BCUT2D eigenvalue weighted by Crippen LogP contribution is -1.89. The minimum Gasteiger partial charge on any atom is -0.398 e. The molecule has 0 saturated heterocycles. The molecule has 4 nitrogen and oxygen atoms in total. The quantitative estimate of drug-likeness (QED) is 0.572. The summed E-state index contributed by atoms with van der Waals surface area (Å²) in [6, 6.07) is 7.34. The van der Waals surface area contributed by atoms with Crippen molar-refractivity contribution in [1.82, 2.24) is 10.1 Å². The summed E-state index contributed by atoms with van der Waals surface area (Å²) in [5.74, 6) is 1.73. The van der Waals surface area contributed by atoms with Gasteiger partial charge in [-0.15, -0.1) is 11.8 Å². The smallest absolute Gasteiger partial charge is 0.237 e. The summed E-state index contributed by atoms with van der Waals surface area (Å²) < 4.78 is 5.23. The van der Waals surface area contributed by atoms with E-state index in [4.69, 9.17) is 21.9 Å². The van der Waals surface area contributed by atoms with Crippen LogP contribution in [0.25, 0.3) is 11.4 Å². The van der Waals surface area contributed by atoms with Gasteiger partial charge in [0.05, 0.1) is 5.75 Å². The lowest BCUT2D eigenvalue weighted by molar-refractivity contribution is 0.391. The molecule has 20 heavy (non-hydrogen) atoms. The molecule has 102 valence electrons. The predicted octanol–water partition coefficient (Wildman–Crippen LogP) is 4.33. The highest BCUT2D eigenvalue weighted by Crippen LogP contribution is 2.30. The van der Waals surface area contributed by atoms with Crippen molar-refractivity contribution in [3.63, 3.8) is 0 Å². The van der Waals surface area contributed by atoms with E-state index in [1.165, 1.54) is 11.8 Å². The van der Waals surface area contributed by atoms with Crippen LogP contribution in [0.1, 0.15) is 5.89 Å². The van der Waals surface area contributed by atoms with E-state index in [1.54, 1.807) is 23.5 Å². The van der Waals surface area contributed by atoms with Crippen LogP contribution in [0, 0.1) is 0 Å². The highest BCUT2D eigenvalue weighted by molar-refractivity contribution is 7.98. The number of nitrogen functional groups attached to an aromatic ring is 1. The van der Waals surface area contributed by atoms with Crippen molar-refractivity contribution in [2.45, 2.75) is 10.6 Å². The monoisotopic (exact) mass is 323 g/mol. The number of anilines is 1. The van der Waals surface area contributed by atoms with Crippen LogP contribution in [-0.2, 0) is 5.75 Å². The highest BCUT2D eigenvalue weighted by Gasteiger charge is 2.10. The van der Waals surface area contributed by atoms with Crippen molar-refractivity contribution >= 4 is 40.4 Å². The zero-order valence-electron chi connectivity index (χ0n) is 10.2. The van der Waals surface area contributed by atoms with E-state index in [2.05, 4.69) is 10.1 Å². The Bertz CT molecular complexity index is 712. The molecule has 7 heteroatoms. The van der Waals surface area contributed by atoms with Crippen molar-refractivity contribution in [3.8, 4) is 11.4 Å². The molecule has 0 fully saturated rings. The minimum absolute atomic E-state index is 0.557. The van der Waals surface area contributed by atoms with Crippen LogP contribution >= 0.6 is 34.7 Å². The topological polar surface area (TPSA) is 64.9 Å². The number of benzene rings is 1. The van der Waals surface area contributed by atoms with Crippen molar-refractivity contribution in [1.29, 1.82) is 0 Å². The molecule has 0 amide bonds. The first kappa shape index (κ1) is 13.5. The van der Waals surface area contributed by atoms with Gasteiger partial charge in [-0.1, -0.05) is 16.8 Å². The Morgan fingerprint density at radius 2 is 2.25 bits per heavy atom. The van der Waals surface area contributed by atoms with Crippen molar-refractivity contribution in [2.75, 3.05) is 5.73 Å². The molecule has 3 rings (SSSR count). The SMILES string of the molecule is Nc1ccc(Cl)cc1SCc1nc(-c2ccsc2)no1. The second kappa shape index (κ2) is 5.87. The van der Waals surface area contributed by atoms with Crippen LogP contribution in [0.15, 0.2) is 44.4 Å². The van der Waals surface area contributed by atoms with Crippen LogP contribution < -0.4 is 5.73 Å². The molecule has 0 aliphatic rings. The molecule has 0 saturated carbocycles. The summed E-state index contributed by atoms with van der Waals surface area (Å²) in [7, 11) is 0. The second-order valence-corrected chi connectivity index (χ2v) is 6.23. The zero-order valence-corrected chi connectivity index (χ0v) is 12.6. The highest BCUT2D eigenvalue weighted by atomic mass is 35.5. The third-order valence-electron chi connectivity index (χ3n) is 2.57. The summed E-state index contributed by atoms with van der Waals surface area (Å²) in [6.45, 7) is 0. The van der Waals surface area contributed by atoms with E-state index in [0.29, 0.717) is 28.2 Å². The van der Waals surface area contributed by atoms with Crippen molar-refractivity contribution < 1.29 is 4.52 Å². The fourth-order valence-corrected chi connectivity index (χ4v) is 3.31. The van der Waals surface area contributed by atoms with Crippen LogP contribution in [0.5, 0.6) is 0 Å². The number of thioether (sulfide) groups is 1. The average Bonchev–Trinajstić information content (AvgIpc) is 3.09. The number of nitrogens with two attached hydrogens (primary N) is 1. The number of nitrogens with zero attached hydrogens (tertiary/aromatic N) is 2. The molecule has 2 N–H and O–H groups in total. The van der Waals surface area contributed by atoms with Gasteiger partial charge in [-0.05, 0) is 29.6 Å². The van der Waals surface area contributed by atoms with Gasteiger partial charge in [-0.25, -0.2) is 0 Å². The van der Waals surface area contributed by atoms with Gasteiger partial charge in [0.2, 0.25) is 11.7 Å². The molecule has 0 radical (unpaired) electrons. The molecule has 0 aliphatic heterocycles. The Kier molecular flexibility index (Phi) is 3.95. The maximum atomic E-state index is 5.95. The standard InChI is InChI=1S/C13H10ClN3OS2/c14-9-1-2-10(15)11(5-9)20-7-12-16-13(17-18-12)8-3-4-19-6-8/h1-6H,7,15H2. The molecule has 2 heterocycles. The van der Waals surface area contributed by atoms with Gasteiger partial charge >= 0.3 is 0 Å². The van der Waals surface area contributed by atoms with Gasteiger partial charge in [-0.2, -0.15) is 16.3 Å². The number of aromatic nitrogens is 2. The van der Waals surface area contributed by atoms with Gasteiger partial charge in [0.15, 0.2) is 0 Å². The van der Waals surface area contributed by atoms with Gasteiger partial charge in [0.1, 0.15) is 0 Å². The largest absolute Gasteiger partial charge is 0.398 e. The Morgan fingerprint density at radius 1 is 1.35 bits per heavy atom. The van der Waals surface area contributed by atoms with Gasteiger partial charge < -0.3 is 10.3 Å². The Balaban J connectivity index is 1.71.